The summed E-state index contributed by atoms with van der Waals surface area (Å²) in [4.78, 5) is 12.4. The van der Waals surface area contributed by atoms with Gasteiger partial charge in [-0.1, -0.05) is 39.0 Å². The zero-order chi connectivity index (χ0) is 19.3. The Morgan fingerprint density at radius 1 is 0.923 bits per heavy atom. The highest BCUT2D eigenvalue weighted by Crippen LogP contribution is 2.25. The van der Waals surface area contributed by atoms with Crippen molar-refractivity contribution in [2.75, 3.05) is 5.32 Å². The molecule has 1 amide bonds. The van der Waals surface area contributed by atoms with Gasteiger partial charge in [0.25, 0.3) is 5.91 Å². The van der Waals surface area contributed by atoms with Crippen LogP contribution in [0.15, 0.2) is 48.5 Å². The summed E-state index contributed by atoms with van der Waals surface area (Å²) in [7, 11) is 0. The summed E-state index contributed by atoms with van der Waals surface area (Å²) in [6.45, 7) is 12.2. The Kier molecular flexibility index (Phi) is 6.30. The van der Waals surface area contributed by atoms with E-state index in [4.69, 9.17) is 9.47 Å². The highest BCUT2D eigenvalue weighted by atomic mass is 16.5. The Labute approximate surface area is 156 Å². The minimum atomic E-state index is -0.606. The van der Waals surface area contributed by atoms with E-state index >= 15 is 0 Å². The van der Waals surface area contributed by atoms with Gasteiger partial charge in [-0.05, 0) is 56.0 Å². The average molecular weight is 355 g/mol. The normalized spacial score (nSPS) is 12.6. The van der Waals surface area contributed by atoms with Crippen molar-refractivity contribution in [3.05, 3.63) is 54.1 Å². The molecule has 1 unspecified atom stereocenters. The topological polar surface area (TPSA) is 47.6 Å². The highest BCUT2D eigenvalue weighted by Gasteiger charge is 2.17. The van der Waals surface area contributed by atoms with Crippen LogP contribution in [0.1, 0.15) is 47.1 Å². The summed E-state index contributed by atoms with van der Waals surface area (Å²) < 4.78 is 11.4. The molecule has 0 bridgehead atoms. The lowest BCUT2D eigenvalue weighted by molar-refractivity contribution is -0.122. The molecule has 0 aliphatic heterocycles. The maximum atomic E-state index is 12.4. The van der Waals surface area contributed by atoms with E-state index in [0.717, 1.165) is 5.75 Å². The number of hydrogen-bond acceptors (Lipinski definition) is 3. The lowest BCUT2D eigenvalue weighted by atomic mass is 9.87. The van der Waals surface area contributed by atoms with Crippen molar-refractivity contribution in [3.63, 3.8) is 0 Å². The summed E-state index contributed by atoms with van der Waals surface area (Å²) in [5.74, 6) is 1.20. The molecule has 140 valence electrons. The molecule has 0 heterocycles. The molecule has 1 N–H and O–H groups in total. The summed E-state index contributed by atoms with van der Waals surface area (Å²) in [6.07, 6.45) is -0.524. The molecule has 26 heavy (non-hydrogen) atoms. The summed E-state index contributed by atoms with van der Waals surface area (Å²) >= 11 is 0. The molecular weight excluding hydrogens is 326 g/mol. The number of anilines is 1. The van der Waals surface area contributed by atoms with Crippen molar-refractivity contribution >= 4 is 11.6 Å². The number of hydrogen-bond donors (Lipinski definition) is 1. The third kappa shape index (κ3) is 5.80. The zero-order valence-corrected chi connectivity index (χ0v) is 16.5. The Hall–Kier alpha value is -2.49. The second kappa shape index (κ2) is 8.26. The number of benzene rings is 2. The van der Waals surface area contributed by atoms with Gasteiger partial charge >= 0.3 is 0 Å². The molecule has 1 atom stereocenters. The largest absolute Gasteiger partial charge is 0.491 e. The van der Waals surface area contributed by atoms with E-state index in [1.807, 2.05) is 62.4 Å². The second-order valence-electron chi connectivity index (χ2n) is 7.72. The number of carbonyl (C=O) groups excluding carboxylic acids is 1. The van der Waals surface area contributed by atoms with Gasteiger partial charge < -0.3 is 14.8 Å². The molecule has 0 spiro atoms. The van der Waals surface area contributed by atoms with Crippen LogP contribution >= 0.6 is 0 Å². The van der Waals surface area contributed by atoms with E-state index in [0.29, 0.717) is 11.4 Å². The number of carbonyl (C=O) groups is 1. The molecule has 4 nitrogen and oxygen atoms in total. The standard InChI is InChI=1S/C22H29NO3/c1-15(2)25-20-9-7-8-18(14-20)23-21(24)16(3)26-19-12-10-17(11-13-19)22(4,5)6/h7-16H,1-6H3,(H,23,24). The highest BCUT2D eigenvalue weighted by molar-refractivity contribution is 5.94. The van der Waals surface area contributed by atoms with Gasteiger partial charge in [0.2, 0.25) is 0 Å². The van der Waals surface area contributed by atoms with Crippen molar-refractivity contribution in [1.29, 1.82) is 0 Å². The molecule has 0 aliphatic rings. The van der Waals surface area contributed by atoms with E-state index in [2.05, 4.69) is 26.1 Å². The molecule has 0 radical (unpaired) electrons. The molecular formula is C22H29NO3. The first-order valence-corrected chi connectivity index (χ1v) is 9.00. The van der Waals surface area contributed by atoms with Crippen LogP contribution in [0, 0.1) is 0 Å². The lowest BCUT2D eigenvalue weighted by Gasteiger charge is -2.20. The van der Waals surface area contributed by atoms with Crippen LogP contribution in [-0.2, 0) is 10.2 Å². The van der Waals surface area contributed by atoms with Gasteiger partial charge in [-0.3, -0.25) is 4.79 Å². The molecule has 0 fully saturated rings. The quantitative estimate of drug-likeness (QED) is 0.777. The maximum Gasteiger partial charge on any atom is 0.265 e. The van der Waals surface area contributed by atoms with Crippen LogP contribution in [0.4, 0.5) is 5.69 Å². The van der Waals surface area contributed by atoms with Gasteiger partial charge in [0.15, 0.2) is 6.10 Å². The van der Waals surface area contributed by atoms with Gasteiger partial charge in [0, 0.05) is 11.8 Å². The van der Waals surface area contributed by atoms with Gasteiger partial charge in [-0.15, -0.1) is 0 Å². The second-order valence-corrected chi connectivity index (χ2v) is 7.72. The van der Waals surface area contributed by atoms with Crippen molar-refractivity contribution in [3.8, 4) is 11.5 Å². The first-order chi connectivity index (χ1) is 12.1. The molecule has 2 aromatic carbocycles. The Morgan fingerprint density at radius 3 is 2.15 bits per heavy atom. The third-order valence-electron chi connectivity index (χ3n) is 3.88. The van der Waals surface area contributed by atoms with Crippen LogP contribution < -0.4 is 14.8 Å². The Balaban J connectivity index is 1.97. The SMILES string of the molecule is CC(C)Oc1cccc(NC(=O)C(C)Oc2ccc(C(C)(C)C)cc2)c1. The van der Waals surface area contributed by atoms with Crippen molar-refractivity contribution in [1.82, 2.24) is 0 Å². The van der Waals surface area contributed by atoms with Crippen molar-refractivity contribution in [2.24, 2.45) is 0 Å². The zero-order valence-electron chi connectivity index (χ0n) is 16.5. The fraction of sp³-hybridized carbons (Fsp3) is 0.409. The summed E-state index contributed by atoms with van der Waals surface area (Å²) in [5, 5.41) is 2.87. The fourth-order valence-electron chi connectivity index (χ4n) is 2.45. The van der Waals surface area contributed by atoms with Crippen LogP contribution in [-0.4, -0.2) is 18.1 Å². The molecule has 0 saturated heterocycles. The number of ether oxygens (including phenoxy) is 2. The molecule has 4 heteroatoms. The van der Waals surface area contributed by atoms with E-state index in [-0.39, 0.29) is 17.4 Å². The van der Waals surface area contributed by atoms with Gasteiger partial charge in [-0.25, -0.2) is 0 Å². The van der Waals surface area contributed by atoms with Crippen LogP contribution in [0.25, 0.3) is 0 Å². The number of amides is 1. The van der Waals surface area contributed by atoms with E-state index < -0.39 is 6.10 Å². The van der Waals surface area contributed by atoms with Crippen molar-refractivity contribution < 1.29 is 14.3 Å². The third-order valence-corrected chi connectivity index (χ3v) is 3.88. The molecule has 0 aromatic heterocycles. The minimum absolute atomic E-state index is 0.0827. The smallest absolute Gasteiger partial charge is 0.265 e. The summed E-state index contributed by atoms with van der Waals surface area (Å²) in [6, 6.07) is 15.2. The first-order valence-electron chi connectivity index (χ1n) is 9.00. The van der Waals surface area contributed by atoms with Gasteiger partial charge in [0.1, 0.15) is 11.5 Å². The van der Waals surface area contributed by atoms with E-state index in [1.54, 1.807) is 6.92 Å². The van der Waals surface area contributed by atoms with Gasteiger partial charge in [-0.2, -0.15) is 0 Å². The molecule has 2 aromatic rings. The fourth-order valence-corrected chi connectivity index (χ4v) is 2.45. The molecule has 0 saturated carbocycles. The van der Waals surface area contributed by atoms with Gasteiger partial charge in [0.05, 0.1) is 6.10 Å². The average Bonchev–Trinajstić information content (AvgIpc) is 2.54. The van der Waals surface area contributed by atoms with Crippen LogP contribution in [0.3, 0.4) is 0 Å². The Bertz CT molecular complexity index is 730. The summed E-state index contributed by atoms with van der Waals surface area (Å²) in [5.41, 5.74) is 2.00. The predicted molar refractivity (Wildman–Crippen MR) is 106 cm³/mol. The number of nitrogens with one attached hydrogen (secondary N) is 1. The first kappa shape index (κ1) is 19.8. The van der Waals surface area contributed by atoms with Crippen LogP contribution in [0.5, 0.6) is 11.5 Å². The lowest BCUT2D eigenvalue weighted by Crippen LogP contribution is -2.30. The minimum Gasteiger partial charge on any atom is -0.491 e. The molecule has 0 aliphatic carbocycles. The molecule has 2 rings (SSSR count). The van der Waals surface area contributed by atoms with Crippen LogP contribution in [0.2, 0.25) is 0 Å². The van der Waals surface area contributed by atoms with Crippen molar-refractivity contribution in [2.45, 2.75) is 59.2 Å². The van der Waals surface area contributed by atoms with E-state index in [1.165, 1.54) is 5.56 Å². The van der Waals surface area contributed by atoms with E-state index in [9.17, 15) is 4.79 Å². The Morgan fingerprint density at radius 2 is 1.58 bits per heavy atom. The monoisotopic (exact) mass is 355 g/mol. The number of rotatable bonds is 6. The maximum absolute atomic E-state index is 12.4. The predicted octanol–water partition coefficient (Wildman–Crippen LogP) is 5.18.